The summed E-state index contributed by atoms with van der Waals surface area (Å²) in [5, 5.41) is 2.77. The molecule has 0 saturated heterocycles. The van der Waals surface area contributed by atoms with Gasteiger partial charge in [-0.25, -0.2) is 0 Å². The van der Waals surface area contributed by atoms with Crippen LogP contribution < -0.4 is 10.2 Å². The normalized spacial score (nSPS) is 11.7. The van der Waals surface area contributed by atoms with E-state index in [-0.39, 0.29) is 12.1 Å². The van der Waals surface area contributed by atoms with Gasteiger partial charge in [0.05, 0.1) is 5.56 Å². The molecule has 1 N–H and O–H groups in total. The highest BCUT2D eigenvalue weighted by Gasteiger charge is 2.33. The van der Waals surface area contributed by atoms with Crippen LogP contribution in [0.4, 0.5) is 18.9 Å². The van der Waals surface area contributed by atoms with Crippen molar-refractivity contribution in [1.82, 2.24) is 5.32 Å². The van der Waals surface area contributed by atoms with Crippen LogP contribution in [0.2, 0.25) is 0 Å². The van der Waals surface area contributed by atoms with Crippen molar-refractivity contribution in [3.8, 4) is 0 Å². The van der Waals surface area contributed by atoms with Gasteiger partial charge in [-0.3, -0.25) is 0 Å². The predicted octanol–water partition coefficient (Wildman–Crippen LogP) is 3.66. The summed E-state index contributed by atoms with van der Waals surface area (Å²) in [6.45, 7) is 5.65. The van der Waals surface area contributed by atoms with Gasteiger partial charge in [-0.05, 0) is 38.1 Å². The zero-order chi connectivity index (χ0) is 14.5. The van der Waals surface area contributed by atoms with Crippen LogP contribution in [0.1, 0.15) is 31.4 Å². The zero-order valence-corrected chi connectivity index (χ0v) is 11.6. The van der Waals surface area contributed by atoms with Crippen molar-refractivity contribution in [3.05, 3.63) is 29.3 Å². The number of benzene rings is 1. The second kappa shape index (κ2) is 6.80. The molecule has 0 amide bonds. The van der Waals surface area contributed by atoms with Gasteiger partial charge >= 0.3 is 6.18 Å². The monoisotopic (exact) mass is 274 g/mol. The Bertz CT molecular complexity index is 402. The van der Waals surface area contributed by atoms with Gasteiger partial charge in [0.2, 0.25) is 0 Å². The molecule has 0 heterocycles. The quantitative estimate of drug-likeness (QED) is 0.851. The molecule has 2 nitrogen and oxygen atoms in total. The van der Waals surface area contributed by atoms with Crippen LogP contribution in [0.3, 0.4) is 0 Å². The molecule has 1 rings (SSSR count). The van der Waals surface area contributed by atoms with Gasteiger partial charge in [0.15, 0.2) is 0 Å². The average Bonchev–Trinajstić information content (AvgIpc) is 2.35. The number of hydrogen-bond acceptors (Lipinski definition) is 2. The third-order valence-electron chi connectivity index (χ3n) is 3.01. The van der Waals surface area contributed by atoms with Crippen molar-refractivity contribution < 1.29 is 13.2 Å². The maximum absolute atomic E-state index is 13.1. The molecule has 0 fully saturated rings. The summed E-state index contributed by atoms with van der Waals surface area (Å²) in [5.74, 6) is 0. The molecular weight excluding hydrogens is 253 g/mol. The number of anilines is 1. The Hall–Kier alpha value is -1.23. The maximum atomic E-state index is 13.1. The van der Waals surface area contributed by atoms with Gasteiger partial charge in [-0.2, -0.15) is 13.2 Å². The Labute approximate surface area is 112 Å². The average molecular weight is 274 g/mol. The Balaban J connectivity index is 3.17. The van der Waals surface area contributed by atoms with Gasteiger partial charge in [0.1, 0.15) is 0 Å². The van der Waals surface area contributed by atoms with Crippen molar-refractivity contribution >= 4 is 5.69 Å². The Kier molecular flexibility index (Phi) is 5.66. The molecule has 5 heteroatoms. The van der Waals surface area contributed by atoms with Crippen LogP contribution in [0.25, 0.3) is 0 Å². The minimum Gasteiger partial charge on any atom is -0.372 e. The molecular formula is C14H21F3N2. The van der Waals surface area contributed by atoms with Crippen molar-refractivity contribution in [3.63, 3.8) is 0 Å². The van der Waals surface area contributed by atoms with E-state index in [1.54, 1.807) is 19.2 Å². The van der Waals surface area contributed by atoms with Crippen LogP contribution >= 0.6 is 0 Å². The van der Waals surface area contributed by atoms with Crippen molar-refractivity contribution in [2.24, 2.45) is 0 Å². The van der Waals surface area contributed by atoms with Crippen LogP contribution in [-0.2, 0) is 12.7 Å². The number of alkyl halides is 3. The first kappa shape index (κ1) is 15.8. The molecule has 0 aliphatic heterocycles. The number of nitrogens with zero attached hydrogens (tertiary/aromatic N) is 1. The molecule has 0 aromatic heterocycles. The fourth-order valence-electron chi connectivity index (χ4n) is 2.11. The summed E-state index contributed by atoms with van der Waals surface area (Å²) in [4.78, 5) is 1.96. The number of nitrogens with one attached hydrogen (secondary N) is 1. The third kappa shape index (κ3) is 4.13. The highest BCUT2D eigenvalue weighted by Crippen LogP contribution is 2.34. The molecule has 0 aliphatic carbocycles. The summed E-state index contributed by atoms with van der Waals surface area (Å²) >= 11 is 0. The largest absolute Gasteiger partial charge is 0.416 e. The third-order valence-corrected chi connectivity index (χ3v) is 3.01. The van der Waals surface area contributed by atoms with E-state index in [0.29, 0.717) is 12.2 Å². The summed E-state index contributed by atoms with van der Waals surface area (Å²) in [6, 6.07) is 4.58. The van der Waals surface area contributed by atoms with Crippen LogP contribution in [0.5, 0.6) is 0 Å². The highest BCUT2D eigenvalue weighted by atomic mass is 19.4. The summed E-state index contributed by atoms with van der Waals surface area (Å²) in [5.41, 5.74) is 0.372. The molecule has 0 radical (unpaired) electrons. The lowest BCUT2D eigenvalue weighted by Gasteiger charge is -2.24. The predicted molar refractivity (Wildman–Crippen MR) is 72.4 cm³/mol. The lowest BCUT2D eigenvalue weighted by Crippen LogP contribution is -2.24. The molecule has 0 bridgehead atoms. The van der Waals surface area contributed by atoms with Crippen LogP contribution in [0, 0.1) is 0 Å². The van der Waals surface area contributed by atoms with Crippen molar-refractivity contribution in [2.45, 2.75) is 33.0 Å². The molecule has 0 aliphatic rings. The van der Waals surface area contributed by atoms with Crippen molar-refractivity contribution in [1.29, 1.82) is 0 Å². The molecule has 108 valence electrons. The fraction of sp³-hybridized carbons (Fsp3) is 0.571. The minimum atomic E-state index is -4.31. The molecule has 0 saturated carbocycles. The summed E-state index contributed by atoms with van der Waals surface area (Å²) in [6.07, 6.45) is -3.40. The number of halogens is 3. The van der Waals surface area contributed by atoms with Gasteiger partial charge in [-0.15, -0.1) is 0 Å². The molecule has 1 aromatic carbocycles. The number of hydrogen-bond donors (Lipinski definition) is 1. The standard InChI is InChI=1S/C14H21F3N2/c1-4-8-19(5-2)12-7-6-11(10-18-3)13(9-12)14(15,16)17/h6-7,9,18H,4-5,8,10H2,1-3H3. The molecule has 0 atom stereocenters. The second-order valence-electron chi connectivity index (χ2n) is 4.45. The van der Waals surface area contributed by atoms with Gasteiger partial charge < -0.3 is 10.2 Å². The first-order valence-corrected chi connectivity index (χ1v) is 6.53. The zero-order valence-electron chi connectivity index (χ0n) is 11.6. The van der Waals surface area contributed by atoms with E-state index in [9.17, 15) is 13.2 Å². The molecule has 0 unspecified atom stereocenters. The van der Waals surface area contributed by atoms with E-state index in [2.05, 4.69) is 5.32 Å². The molecule has 19 heavy (non-hydrogen) atoms. The SMILES string of the molecule is CCCN(CC)c1ccc(CNC)c(C(F)(F)F)c1. The second-order valence-corrected chi connectivity index (χ2v) is 4.45. The van der Waals surface area contributed by atoms with E-state index in [1.807, 2.05) is 18.7 Å². The Morgan fingerprint density at radius 2 is 1.89 bits per heavy atom. The maximum Gasteiger partial charge on any atom is 0.416 e. The van der Waals surface area contributed by atoms with Gasteiger partial charge in [0.25, 0.3) is 0 Å². The molecule has 0 spiro atoms. The first-order chi connectivity index (χ1) is 8.93. The van der Waals surface area contributed by atoms with Crippen molar-refractivity contribution in [2.75, 3.05) is 25.0 Å². The van der Waals surface area contributed by atoms with E-state index >= 15 is 0 Å². The molecule has 1 aromatic rings. The van der Waals surface area contributed by atoms with E-state index in [1.165, 1.54) is 6.07 Å². The van der Waals surface area contributed by atoms with Gasteiger partial charge in [-0.1, -0.05) is 13.0 Å². The first-order valence-electron chi connectivity index (χ1n) is 6.53. The Morgan fingerprint density at radius 3 is 2.37 bits per heavy atom. The highest BCUT2D eigenvalue weighted by molar-refractivity contribution is 5.52. The lowest BCUT2D eigenvalue weighted by molar-refractivity contribution is -0.138. The van der Waals surface area contributed by atoms with E-state index in [4.69, 9.17) is 0 Å². The smallest absolute Gasteiger partial charge is 0.372 e. The van der Waals surface area contributed by atoms with Crippen LogP contribution in [0.15, 0.2) is 18.2 Å². The van der Waals surface area contributed by atoms with Gasteiger partial charge in [0, 0.05) is 25.3 Å². The topological polar surface area (TPSA) is 15.3 Å². The van der Waals surface area contributed by atoms with E-state index < -0.39 is 11.7 Å². The summed E-state index contributed by atoms with van der Waals surface area (Å²) < 4.78 is 39.2. The lowest BCUT2D eigenvalue weighted by atomic mass is 10.1. The van der Waals surface area contributed by atoms with Crippen LogP contribution in [-0.4, -0.2) is 20.1 Å². The summed E-state index contributed by atoms with van der Waals surface area (Å²) in [7, 11) is 1.64. The fourth-order valence-corrected chi connectivity index (χ4v) is 2.11. The Morgan fingerprint density at radius 1 is 1.21 bits per heavy atom. The van der Waals surface area contributed by atoms with E-state index in [0.717, 1.165) is 13.0 Å². The number of rotatable bonds is 6. The minimum absolute atomic E-state index is 0.217.